The van der Waals surface area contributed by atoms with Crippen LogP contribution in [-0.4, -0.2) is 127 Å². The van der Waals surface area contributed by atoms with E-state index in [0.717, 1.165) is 84.9 Å². The summed E-state index contributed by atoms with van der Waals surface area (Å²) >= 11 is 0. The molecule has 24 heteroatoms. The van der Waals surface area contributed by atoms with Crippen LogP contribution in [0.15, 0.2) is 103 Å². The first-order valence-corrected chi connectivity index (χ1v) is 25.7. The lowest BCUT2D eigenvalue weighted by Crippen LogP contribution is -2.40. The van der Waals surface area contributed by atoms with Gasteiger partial charge in [-0.05, 0) is 71.3 Å². The number of phenolic OH excluding ortho intramolecular Hbond substituents is 16. The number of aromatic hydroxyl groups is 16. The minimum absolute atomic E-state index is 0.00310. The Hall–Kier alpha value is -10.4. The summed E-state index contributed by atoms with van der Waals surface area (Å²) in [7, 11) is 0. The molecule has 0 aliphatic carbocycles. The van der Waals surface area contributed by atoms with Crippen molar-refractivity contribution in [2.45, 2.75) is 73.0 Å². The second kappa shape index (κ2) is 19.7. The van der Waals surface area contributed by atoms with Crippen molar-refractivity contribution in [2.75, 3.05) is 0 Å². The Morgan fingerprint density at radius 2 is 0.655 bits per heavy atom. The van der Waals surface area contributed by atoms with Crippen molar-refractivity contribution in [1.82, 2.24) is 0 Å². The molecule has 0 spiro atoms. The molecular weight excluding hydrogens is 1100 g/mol. The average molecular weight is 1160 g/mol. The molecule has 4 heterocycles. The van der Waals surface area contributed by atoms with Gasteiger partial charge in [0.15, 0.2) is 58.9 Å². The Balaban J connectivity index is 1.14. The molecule has 0 saturated heterocycles. The highest BCUT2D eigenvalue weighted by Crippen LogP contribution is 2.65. The molecule has 434 valence electrons. The Labute approximate surface area is 472 Å². The predicted molar refractivity (Wildman–Crippen MR) is 285 cm³/mol. The molecule has 4 aliphatic heterocycles. The van der Waals surface area contributed by atoms with E-state index in [2.05, 4.69) is 0 Å². The molecule has 12 rings (SSSR count). The number of ether oxygens (including phenoxy) is 4. The van der Waals surface area contributed by atoms with E-state index < -0.39 is 204 Å². The van der Waals surface area contributed by atoms with E-state index >= 15 is 0 Å². The third-order valence-corrected chi connectivity index (χ3v) is 16.0. The molecule has 20 N–H and O–H groups in total. The maximum atomic E-state index is 13.1. The zero-order valence-electron chi connectivity index (χ0n) is 43.0. The van der Waals surface area contributed by atoms with Gasteiger partial charge < -0.3 is 121 Å². The van der Waals surface area contributed by atoms with Crippen LogP contribution < -0.4 is 18.9 Å². The van der Waals surface area contributed by atoms with Crippen molar-refractivity contribution < 1.29 is 121 Å². The highest BCUT2D eigenvalue weighted by molar-refractivity contribution is 5.73. The smallest absolute Gasteiger partial charge is 0.157 e. The first kappa shape index (κ1) is 54.2. The van der Waals surface area contributed by atoms with E-state index in [1.165, 1.54) is 18.2 Å². The number of aliphatic hydroxyl groups excluding tert-OH is 4. The van der Waals surface area contributed by atoms with Crippen LogP contribution in [-0.2, 0) is 6.42 Å². The van der Waals surface area contributed by atoms with Crippen molar-refractivity contribution in [1.29, 1.82) is 0 Å². The van der Waals surface area contributed by atoms with Crippen molar-refractivity contribution in [3.8, 4) is 115 Å². The Morgan fingerprint density at radius 1 is 0.286 bits per heavy atom. The number of benzene rings is 8. The molecule has 0 aromatic heterocycles. The topological polar surface area (TPSA) is 442 Å². The average Bonchev–Trinajstić information content (AvgIpc) is 3.61. The van der Waals surface area contributed by atoms with Crippen molar-refractivity contribution in [3.05, 3.63) is 164 Å². The normalized spacial score (nSPS) is 24.0. The molecule has 0 saturated carbocycles. The van der Waals surface area contributed by atoms with E-state index in [1.54, 1.807) is 0 Å². The largest absolute Gasteiger partial charge is 0.508 e. The lowest BCUT2D eigenvalue weighted by molar-refractivity contribution is -0.00864. The monoisotopic (exact) mass is 1150 g/mol. The maximum Gasteiger partial charge on any atom is 0.157 e. The van der Waals surface area contributed by atoms with Crippen LogP contribution >= 0.6 is 0 Å². The summed E-state index contributed by atoms with van der Waals surface area (Å²) < 4.78 is 25.8. The van der Waals surface area contributed by atoms with E-state index in [4.69, 9.17) is 18.9 Å². The standard InChI is InChI=1S/C60H50O24/c61-22-4-8-26(63)24(12-22)57-40(77)15-25-30(67)16-35(72)43(58(25)84-57)49-45-37(74)18-39(76)47(60(45)83-55(52(49)79)20-2-6-28(65)32(69)10-20)50-46-38(75)17-36(73)44(59(46)82-56(53(50)80)21-3-7-29(66)33(70)11-21)48-42-34(71)13-23(62)14-41(42)81-54(51(48)78)19-1-5-27(64)31(68)9-19/h1-14,16-18,40,48-57,61-80H,15H2/t40-,48-,49-,50-,51-,52-,53-,54-,55-,56-,57-/m1/s1. The quantitative estimate of drug-likeness (QED) is 0.0653. The van der Waals surface area contributed by atoms with Gasteiger partial charge in [0, 0.05) is 81.3 Å². The van der Waals surface area contributed by atoms with Crippen LogP contribution in [0.2, 0.25) is 0 Å². The first-order chi connectivity index (χ1) is 39.9. The van der Waals surface area contributed by atoms with E-state index in [9.17, 15) is 102 Å². The first-order valence-electron chi connectivity index (χ1n) is 25.7. The number of hydrogen-bond acceptors (Lipinski definition) is 24. The SMILES string of the molecule is Oc1cc(O)c2c(c1)O[C@H](c1ccc(O)c(O)c1)[C@H](O)[C@H]2c1c(O)cc(O)c2c1O[C@H](c1ccc(O)c(O)c1)[C@H](O)[C@H]2c1c(O)cc(O)c2c1O[C@H](c1ccc(O)c(O)c1)[C@H](O)[C@@H]2c1c(O)cc(O)c2c1O[C@H](c1cc(O)ccc1O)[C@H](O)C2. The summed E-state index contributed by atoms with van der Waals surface area (Å²) in [5.41, 5.74) is -3.56. The van der Waals surface area contributed by atoms with Gasteiger partial charge in [-0.25, -0.2) is 0 Å². The molecular formula is C60H50O24. The van der Waals surface area contributed by atoms with E-state index in [1.807, 2.05) is 0 Å². The van der Waals surface area contributed by atoms with Gasteiger partial charge in [-0.1, -0.05) is 18.2 Å². The van der Waals surface area contributed by atoms with E-state index in [0.29, 0.717) is 0 Å². The lowest BCUT2D eigenvalue weighted by Gasteiger charge is -2.44. The van der Waals surface area contributed by atoms with Gasteiger partial charge in [0.25, 0.3) is 0 Å². The van der Waals surface area contributed by atoms with Gasteiger partial charge in [-0.2, -0.15) is 0 Å². The third kappa shape index (κ3) is 8.44. The summed E-state index contributed by atoms with van der Waals surface area (Å²) in [4.78, 5) is 0. The molecule has 0 unspecified atom stereocenters. The summed E-state index contributed by atoms with van der Waals surface area (Å²) in [6, 6.07) is 17.5. The fourth-order valence-corrected chi connectivity index (χ4v) is 12.2. The third-order valence-electron chi connectivity index (χ3n) is 16.0. The van der Waals surface area contributed by atoms with Crippen LogP contribution in [0.25, 0.3) is 0 Å². The van der Waals surface area contributed by atoms with Crippen molar-refractivity contribution in [2.24, 2.45) is 0 Å². The Morgan fingerprint density at radius 3 is 1.10 bits per heavy atom. The maximum absolute atomic E-state index is 13.1. The van der Waals surface area contributed by atoms with Crippen LogP contribution in [0.5, 0.6) is 115 Å². The molecule has 4 aliphatic rings. The molecule has 0 fully saturated rings. The van der Waals surface area contributed by atoms with Gasteiger partial charge in [-0.15, -0.1) is 0 Å². The zero-order chi connectivity index (χ0) is 59.8. The van der Waals surface area contributed by atoms with Gasteiger partial charge in [-0.3, -0.25) is 0 Å². The fourth-order valence-electron chi connectivity index (χ4n) is 12.2. The highest BCUT2D eigenvalue weighted by Gasteiger charge is 2.53. The van der Waals surface area contributed by atoms with Crippen LogP contribution in [0.3, 0.4) is 0 Å². The summed E-state index contributed by atoms with van der Waals surface area (Å²) in [5, 5.41) is 230. The lowest BCUT2D eigenvalue weighted by atomic mass is 9.72. The molecule has 11 atom stereocenters. The van der Waals surface area contributed by atoms with Crippen molar-refractivity contribution >= 4 is 0 Å². The second-order valence-electron chi connectivity index (χ2n) is 21.0. The van der Waals surface area contributed by atoms with Crippen LogP contribution in [0.4, 0.5) is 0 Å². The van der Waals surface area contributed by atoms with Gasteiger partial charge >= 0.3 is 0 Å². The van der Waals surface area contributed by atoms with E-state index in [-0.39, 0.29) is 44.9 Å². The fraction of sp³-hybridized carbons (Fsp3) is 0.200. The number of phenols is 16. The van der Waals surface area contributed by atoms with Gasteiger partial charge in [0.1, 0.15) is 98.8 Å². The Bertz CT molecular complexity index is 4030. The van der Waals surface area contributed by atoms with Crippen LogP contribution in [0.1, 0.15) is 103 Å². The Kier molecular flexibility index (Phi) is 12.7. The summed E-state index contributed by atoms with van der Waals surface area (Å²) in [6.45, 7) is 0. The molecule has 24 nitrogen and oxygen atoms in total. The summed E-state index contributed by atoms with van der Waals surface area (Å²) in [5.74, 6) is -18.9. The zero-order valence-corrected chi connectivity index (χ0v) is 43.0. The minimum Gasteiger partial charge on any atom is -0.508 e. The van der Waals surface area contributed by atoms with Crippen molar-refractivity contribution in [3.63, 3.8) is 0 Å². The van der Waals surface area contributed by atoms with Gasteiger partial charge in [0.2, 0.25) is 0 Å². The molecule has 8 aromatic carbocycles. The number of hydrogen-bond donors (Lipinski definition) is 20. The number of rotatable bonds is 7. The van der Waals surface area contributed by atoms with Crippen LogP contribution in [0, 0.1) is 0 Å². The molecule has 0 radical (unpaired) electrons. The van der Waals surface area contributed by atoms with Gasteiger partial charge in [0.05, 0.1) is 23.9 Å². The molecule has 8 aromatic rings. The number of fused-ring (bicyclic) bond motifs is 4. The molecule has 0 bridgehead atoms. The predicted octanol–water partition coefficient (Wildman–Crippen LogP) is 5.89. The molecule has 0 amide bonds. The number of aliphatic hydroxyl groups is 4. The summed E-state index contributed by atoms with van der Waals surface area (Å²) in [6.07, 6.45) is -15.1. The molecule has 84 heavy (non-hydrogen) atoms. The second-order valence-corrected chi connectivity index (χ2v) is 21.0. The highest BCUT2D eigenvalue weighted by atomic mass is 16.5. The minimum atomic E-state index is -2.16.